The lowest BCUT2D eigenvalue weighted by molar-refractivity contribution is 0.741. The molecular formula is C11H13N3. The highest BCUT2D eigenvalue weighted by atomic mass is 14.7. The minimum Gasteiger partial charge on any atom is -0.329 e. The predicted octanol–water partition coefficient (Wildman–Crippen LogP) is 1.19. The highest BCUT2D eigenvalue weighted by Crippen LogP contribution is 2.19. The molecule has 0 saturated heterocycles. The first-order valence-electron chi connectivity index (χ1n) is 4.62. The number of hydrogen-bond donors (Lipinski definition) is 2. The van der Waals surface area contributed by atoms with Crippen molar-refractivity contribution in [3.63, 3.8) is 0 Å². The molecule has 1 atom stereocenters. The van der Waals surface area contributed by atoms with E-state index in [4.69, 9.17) is 11.5 Å². The molecule has 14 heavy (non-hydrogen) atoms. The minimum absolute atomic E-state index is 0.131. The molecule has 72 valence electrons. The molecular weight excluding hydrogens is 174 g/mol. The van der Waals surface area contributed by atoms with Crippen LogP contribution < -0.4 is 11.5 Å². The van der Waals surface area contributed by atoms with Crippen molar-refractivity contribution in [3.05, 3.63) is 42.1 Å². The van der Waals surface area contributed by atoms with Crippen LogP contribution in [0.3, 0.4) is 0 Å². The Morgan fingerprint density at radius 3 is 2.79 bits per heavy atom. The molecule has 4 N–H and O–H groups in total. The lowest BCUT2D eigenvalue weighted by atomic mass is 10.0. The van der Waals surface area contributed by atoms with Gasteiger partial charge < -0.3 is 11.5 Å². The predicted molar refractivity (Wildman–Crippen MR) is 57.7 cm³/mol. The van der Waals surface area contributed by atoms with Crippen molar-refractivity contribution < 1.29 is 0 Å². The minimum atomic E-state index is -0.131. The van der Waals surface area contributed by atoms with E-state index in [9.17, 15) is 0 Å². The molecule has 0 fully saturated rings. The van der Waals surface area contributed by atoms with Crippen molar-refractivity contribution in [3.8, 4) is 0 Å². The lowest BCUT2D eigenvalue weighted by Gasteiger charge is -2.11. The van der Waals surface area contributed by atoms with Crippen LogP contribution in [0.25, 0.3) is 10.9 Å². The van der Waals surface area contributed by atoms with E-state index in [1.54, 1.807) is 6.20 Å². The van der Waals surface area contributed by atoms with Crippen molar-refractivity contribution in [1.82, 2.24) is 4.98 Å². The van der Waals surface area contributed by atoms with Gasteiger partial charge in [-0.3, -0.25) is 4.98 Å². The molecule has 3 nitrogen and oxygen atoms in total. The Balaban J connectivity index is 2.65. The Kier molecular flexibility index (Phi) is 2.43. The van der Waals surface area contributed by atoms with Gasteiger partial charge >= 0.3 is 0 Å². The lowest BCUT2D eigenvalue weighted by Crippen LogP contribution is -2.21. The molecule has 0 spiro atoms. The highest BCUT2D eigenvalue weighted by Gasteiger charge is 2.07. The first kappa shape index (κ1) is 9.12. The first-order chi connectivity index (χ1) is 6.83. The molecule has 0 aliphatic carbocycles. The number of benzene rings is 1. The van der Waals surface area contributed by atoms with Gasteiger partial charge in [0, 0.05) is 24.2 Å². The van der Waals surface area contributed by atoms with E-state index in [0.717, 1.165) is 16.5 Å². The van der Waals surface area contributed by atoms with Gasteiger partial charge in [-0.1, -0.05) is 24.3 Å². The summed E-state index contributed by atoms with van der Waals surface area (Å²) in [6.07, 6.45) is 1.77. The molecule has 0 unspecified atom stereocenters. The molecule has 3 heteroatoms. The van der Waals surface area contributed by atoms with Crippen LogP contribution >= 0.6 is 0 Å². The van der Waals surface area contributed by atoms with Crippen LogP contribution in [0.2, 0.25) is 0 Å². The van der Waals surface area contributed by atoms with Gasteiger partial charge in [-0.25, -0.2) is 0 Å². The average molecular weight is 187 g/mol. The number of fused-ring (bicyclic) bond motifs is 1. The molecule has 1 heterocycles. The van der Waals surface area contributed by atoms with Crippen molar-refractivity contribution in [2.75, 3.05) is 6.54 Å². The number of nitrogens with two attached hydrogens (primary N) is 2. The number of hydrogen-bond acceptors (Lipinski definition) is 3. The monoisotopic (exact) mass is 187 g/mol. The largest absolute Gasteiger partial charge is 0.329 e. The molecule has 1 aromatic heterocycles. The van der Waals surface area contributed by atoms with Crippen LogP contribution in [0.5, 0.6) is 0 Å². The molecule has 0 bridgehead atoms. The highest BCUT2D eigenvalue weighted by molar-refractivity contribution is 5.81. The Bertz CT molecular complexity index is 434. The molecule has 0 amide bonds. The Hall–Kier alpha value is -1.45. The summed E-state index contributed by atoms with van der Waals surface area (Å²) >= 11 is 0. The maximum atomic E-state index is 5.90. The van der Waals surface area contributed by atoms with E-state index in [1.807, 2.05) is 30.3 Å². The van der Waals surface area contributed by atoms with Gasteiger partial charge in [0.15, 0.2) is 0 Å². The second-order valence-corrected chi connectivity index (χ2v) is 3.26. The fraction of sp³-hybridized carbons (Fsp3) is 0.182. The maximum absolute atomic E-state index is 5.90. The van der Waals surface area contributed by atoms with Gasteiger partial charge in [0.05, 0.1) is 5.52 Å². The van der Waals surface area contributed by atoms with Crippen LogP contribution in [0.1, 0.15) is 11.6 Å². The molecule has 0 aliphatic heterocycles. The van der Waals surface area contributed by atoms with Gasteiger partial charge in [-0.05, 0) is 11.6 Å². The third-order valence-electron chi connectivity index (χ3n) is 2.32. The van der Waals surface area contributed by atoms with Crippen LogP contribution in [0.4, 0.5) is 0 Å². The average Bonchev–Trinajstić information content (AvgIpc) is 2.27. The smallest absolute Gasteiger partial charge is 0.0750 e. The SMILES string of the molecule is NC[C@@H](N)c1cccc2cccnc12. The van der Waals surface area contributed by atoms with E-state index < -0.39 is 0 Å². The molecule has 0 aliphatic rings. The molecule has 2 aromatic rings. The fourth-order valence-corrected chi connectivity index (χ4v) is 1.55. The zero-order valence-electron chi connectivity index (χ0n) is 7.85. The molecule has 0 radical (unpaired) electrons. The van der Waals surface area contributed by atoms with Crippen LogP contribution in [-0.2, 0) is 0 Å². The number of pyridine rings is 1. The van der Waals surface area contributed by atoms with E-state index in [-0.39, 0.29) is 6.04 Å². The Labute approximate surface area is 82.7 Å². The summed E-state index contributed by atoms with van der Waals surface area (Å²) in [6.45, 7) is 0.440. The maximum Gasteiger partial charge on any atom is 0.0750 e. The summed E-state index contributed by atoms with van der Waals surface area (Å²) < 4.78 is 0. The Morgan fingerprint density at radius 1 is 1.21 bits per heavy atom. The van der Waals surface area contributed by atoms with Gasteiger partial charge in [0.1, 0.15) is 0 Å². The van der Waals surface area contributed by atoms with Crippen molar-refractivity contribution in [2.24, 2.45) is 11.5 Å². The summed E-state index contributed by atoms with van der Waals surface area (Å²) in [6, 6.07) is 9.79. The molecule has 0 saturated carbocycles. The van der Waals surface area contributed by atoms with Crippen molar-refractivity contribution in [1.29, 1.82) is 0 Å². The normalized spacial score (nSPS) is 13.0. The van der Waals surface area contributed by atoms with Gasteiger partial charge in [-0.2, -0.15) is 0 Å². The number of para-hydroxylation sites is 1. The number of nitrogens with zero attached hydrogens (tertiary/aromatic N) is 1. The molecule has 1 aromatic carbocycles. The summed E-state index contributed by atoms with van der Waals surface area (Å²) in [5.41, 5.74) is 13.4. The zero-order chi connectivity index (χ0) is 9.97. The van der Waals surface area contributed by atoms with E-state index in [1.165, 1.54) is 0 Å². The van der Waals surface area contributed by atoms with E-state index in [0.29, 0.717) is 6.54 Å². The van der Waals surface area contributed by atoms with Crippen molar-refractivity contribution in [2.45, 2.75) is 6.04 Å². The second-order valence-electron chi connectivity index (χ2n) is 3.26. The van der Waals surface area contributed by atoms with E-state index in [2.05, 4.69) is 4.98 Å². The number of aromatic nitrogens is 1. The summed E-state index contributed by atoms with van der Waals surface area (Å²) in [4.78, 5) is 4.31. The van der Waals surface area contributed by atoms with Gasteiger partial charge in [0.25, 0.3) is 0 Å². The summed E-state index contributed by atoms with van der Waals surface area (Å²) in [5.74, 6) is 0. The summed E-state index contributed by atoms with van der Waals surface area (Å²) in [5, 5.41) is 1.11. The standard InChI is InChI=1S/C11H13N3/c12-7-10(13)9-5-1-3-8-4-2-6-14-11(8)9/h1-6,10H,7,12-13H2/t10-/m1/s1. The fourth-order valence-electron chi connectivity index (χ4n) is 1.55. The van der Waals surface area contributed by atoms with Gasteiger partial charge in [-0.15, -0.1) is 0 Å². The quantitative estimate of drug-likeness (QED) is 0.742. The van der Waals surface area contributed by atoms with Crippen LogP contribution in [0.15, 0.2) is 36.5 Å². The third-order valence-corrected chi connectivity index (χ3v) is 2.32. The third kappa shape index (κ3) is 1.47. The summed E-state index contributed by atoms with van der Waals surface area (Å²) in [7, 11) is 0. The van der Waals surface area contributed by atoms with Crippen LogP contribution in [0, 0.1) is 0 Å². The first-order valence-corrected chi connectivity index (χ1v) is 4.62. The number of rotatable bonds is 2. The van der Waals surface area contributed by atoms with Gasteiger partial charge in [0.2, 0.25) is 0 Å². The molecule has 2 rings (SSSR count). The van der Waals surface area contributed by atoms with Crippen LogP contribution in [-0.4, -0.2) is 11.5 Å². The van der Waals surface area contributed by atoms with E-state index >= 15 is 0 Å². The topological polar surface area (TPSA) is 64.9 Å². The van der Waals surface area contributed by atoms with Crippen molar-refractivity contribution >= 4 is 10.9 Å². The Morgan fingerprint density at radius 2 is 2.00 bits per heavy atom. The zero-order valence-corrected chi connectivity index (χ0v) is 7.85. The second kappa shape index (κ2) is 3.74.